The van der Waals surface area contributed by atoms with Gasteiger partial charge in [0.15, 0.2) is 17.5 Å². The fraction of sp³-hybridized carbons (Fsp3) is 0. The second kappa shape index (κ2) is 10.2. The Hall–Kier alpha value is -6.28. The van der Waals surface area contributed by atoms with Crippen molar-refractivity contribution in [2.45, 2.75) is 0 Å². The van der Waals surface area contributed by atoms with Crippen LogP contribution >= 0.6 is 0 Å². The molecule has 8 nitrogen and oxygen atoms in total. The number of benzene rings is 5. The van der Waals surface area contributed by atoms with Crippen molar-refractivity contribution in [1.82, 2.24) is 28.9 Å². The maximum absolute atomic E-state index is 14.2. The average molecular weight is 571 g/mol. The highest BCUT2D eigenvalue weighted by atomic mass is 16.1. The van der Waals surface area contributed by atoms with Gasteiger partial charge in [-0.15, -0.1) is 0 Å². The summed E-state index contributed by atoms with van der Waals surface area (Å²) < 4.78 is 3.00. The molecule has 0 amide bonds. The quantitative estimate of drug-likeness (QED) is 0.181. The van der Waals surface area contributed by atoms with E-state index in [4.69, 9.17) is 15.0 Å². The van der Waals surface area contributed by atoms with E-state index in [1.54, 1.807) is 28.8 Å². The van der Waals surface area contributed by atoms with Crippen LogP contribution in [0.5, 0.6) is 0 Å². The Morgan fingerprint density at radius 1 is 0.455 bits per heavy atom. The number of hydrogen-bond acceptors (Lipinski definition) is 6. The predicted octanol–water partition coefficient (Wildman–Crippen LogP) is 6.34. The lowest BCUT2D eigenvalue weighted by atomic mass is 10.1. The molecule has 0 saturated carbocycles. The van der Waals surface area contributed by atoms with Gasteiger partial charge < -0.3 is 0 Å². The first-order valence-corrected chi connectivity index (χ1v) is 14.1. The van der Waals surface area contributed by atoms with Gasteiger partial charge >= 0.3 is 0 Å². The minimum atomic E-state index is -0.408. The van der Waals surface area contributed by atoms with E-state index >= 15 is 0 Å². The lowest BCUT2D eigenvalue weighted by Gasteiger charge is -2.15. The van der Waals surface area contributed by atoms with Crippen molar-refractivity contribution in [2.24, 2.45) is 0 Å². The molecule has 3 heterocycles. The van der Waals surface area contributed by atoms with Gasteiger partial charge in [-0.3, -0.25) is 18.6 Å². The van der Waals surface area contributed by atoms with E-state index in [0.29, 0.717) is 50.7 Å². The fourth-order valence-electron chi connectivity index (χ4n) is 5.53. The van der Waals surface area contributed by atoms with Gasteiger partial charge in [-0.1, -0.05) is 97.1 Å². The van der Waals surface area contributed by atoms with Crippen molar-refractivity contribution < 1.29 is 0 Å². The first kappa shape index (κ1) is 25.4. The summed E-state index contributed by atoms with van der Waals surface area (Å²) in [5, 5.41) is 0.451. The normalized spacial score (nSPS) is 11.4. The summed E-state index contributed by atoms with van der Waals surface area (Å²) in [5.41, 5.74) is 4.01. The molecule has 0 atom stereocenters. The van der Waals surface area contributed by atoms with Crippen LogP contribution in [0.1, 0.15) is 0 Å². The number of hydrogen-bond donors (Lipinski definition) is 0. The highest BCUT2D eigenvalue weighted by molar-refractivity contribution is 5.85. The second-order valence-corrected chi connectivity index (χ2v) is 10.3. The number of fused-ring (bicyclic) bond motifs is 4. The Kier molecular flexibility index (Phi) is 5.90. The number of para-hydroxylation sites is 3. The SMILES string of the molecule is O=c1c2nc3ccccc3c(=O)n2c2ccccc2n1-c1cccc(-c2nc(-c3ccccc3)nc(-c3ccccc3)n2)c1. The zero-order valence-corrected chi connectivity index (χ0v) is 23.2. The van der Waals surface area contributed by atoms with Crippen molar-refractivity contribution in [3.63, 3.8) is 0 Å². The van der Waals surface area contributed by atoms with Crippen LogP contribution in [-0.2, 0) is 0 Å². The number of aromatic nitrogens is 6. The number of rotatable bonds is 4. The van der Waals surface area contributed by atoms with Gasteiger partial charge in [0, 0.05) is 16.7 Å². The lowest BCUT2D eigenvalue weighted by Crippen LogP contribution is -2.28. The fourth-order valence-corrected chi connectivity index (χ4v) is 5.53. The Balaban J connectivity index is 1.38. The Morgan fingerprint density at radius 2 is 1.00 bits per heavy atom. The molecule has 0 spiro atoms. The monoisotopic (exact) mass is 570 g/mol. The van der Waals surface area contributed by atoms with E-state index in [1.165, 1.54) is 4.40 Å². The van der Waals surface area contributed by atoms with Gasteiger partial charge in [-0.05, 0) is 36.4 Å². The van der Waals surface area contributed by atoms with E-state index in [9.17, 15) is 9.59 Å². The molecule has 0 radical (unpaired) electrons. The molecule has 0 aliphatic rings. The maximum Gasteiger partial charge on any atom is 0.299 e. The first-order chi connectivity index (χ1) is 21.7. The van der Waals surface area contributed by atoms with Crippen molar-refractivity contribution in [1.29, 1.82) is 0 Å². The molecular weight excluding hydrogens is 548 g/mol. The van der Waals surface area contributed by atoms with E-state index in [0.717, 1.165) is 11.1 Å². The van der Waals surface area contributed by atoms with E-state index in [1.807, 2.05) is 109 Å². The summed E-state index contributed by atoms with van der Waals surface area (Å²) >= 11 is 0. The van der Waals surface area contributed by atoms with Gasteiger partial charge in [-0.25, -0.2) is 19.9 Å². The molecule has 0 aliphatic carbocycles. The van der Waals surface area contributed by atoms with Gasteiger partial charge in [-0.2, -0.15) is 0 Å². The summed E-state index contributed by atoms with van der Waals surface area (Å²) in [7, 11) is 0. The van der Waals surface area contributed by atoms with Crippen LogP contribution < -0.4 is 11.1 Å². The van der Waals surface area contributed by atoms with Gasteiger partial charge in [0.05, 0.1) is 27.6 Å². The largest absolute Gasteiger partial charge is 0.299 e. The third kappa shape index (κ3) is 4.16. The van der Waals surface area contributed by atoms with Crippen LogP contribution in [0.2, 0.25) is 0 Å². The highest BCUT2D eigenvalue weighted by Crippen LogP contribution is 2.27. The third-order valence-electron chi connectivity index (χ3n) is 7.60. The summed E-state index contributed by atoms with van der Waals surface area (Å²) in [6, 6.07) is 41.4. The van der Waals surface area contributed by atoms with Crippen molar-refractivity contribution in [3.05, 3.63) is 154 Å². The van der Waals surface area contributed by atoms with Gasteiger partial charge in [0.1, 0.15) is 0 Å². The lowest BCUT2D eigenvalue weighted by molar-refractivity contribution is 0.986. The molecule has 0 fully saturated rings. The van der Waals surface area contributed by atoms with Crippen LogP contribution in [-0.4, -0.2) is 28.9 Å². The topological polar surface area (TPSA) is 95.0 Å². The summed E-state index contributed by atoms with van der Waals surface area (Å²) in [4.78, 5) is 46.9. The van der Waals surface area contributed by atoms with Crippen LogP contribution in [0.25, 0.3) is 67.4 Å². The molecule has 8 aromatic rings. The van der Waals surface area contributed by atoms with Crippen LogP contribution in [0.3, 0.4) is 0 Å². The molecule has 44 heavy (non-hydrogen) atoms. The molecule has 5 aromatic carbocycles. The smallest absolute Gasteiger partial charge is 0.272 e. The summed E-state index contributed by atoms with van der Waals surface area (Å²) in [5.74, 6) is 1.56. The molecule has 8 heteroatoms. The molecule has 0 N–H and O–H groups in total. The van der Waals surface area contributed by atoms with Crippen LogP contribution in [0.4, 0.5) is 0 Å². The van der Waals surface area contributed by atoms with Crippen LogP contribution in [0.15, 0.2) is 143 Å². The minimum Gasteiger partial charge on any atom is -0.272 e. The maximum atomic E-state index is 14.2. The molecular formula is C36H22N6O2. The Bertz CT molecular complexity index is 2430. The molecule has 8 rings (SSSR count). The van der Waals surface area contributed by atoms with Gasteiger partial charge in [0.2, 0.25) is 5.65 Å². The van der Waals surface area contributed by atoms with Crippen molar-refractivity contribution >= 4 is 27.6 Å². The summed E-state index contributed by atoms with van der Waals surface area (Å²) in [6.45, 7) is 0. The van der Waals surface area contributed by atoms with E-state index in [2.05, 4.69) is 4.98 Å². The number of nitrogens with zero attached hydrogens (tertiary/aromatic N) is 6. The van der Waals surface area contributed by atoms with Crippen molar-refractivity contribution in [3.8, 4) is 39.9 Å². The molecule has 0 bridgehead atoms. The zero-order valence-electron chi connectivity index (χ0n) is 23.2. The minimum absolute atomic E-state index is 0.0516. The molecule has 3 aromatic heterocycles. The molecule has 0 unspecified atom stereocenters. The van der Waals surface area contributed by atoms with Gasteiger partial charge in [0.25, 0.3) is 11.1 Å². The van der Waals surface area contributed by atoms with Crippen molar-refractivity contribution in [2.75, 3.05) is 0 Å². The Morgan fingerprint density at radius 3 is 1.68 bits per heavy atom. The van der Waals surface area contributed by atoms with Crippen LogP contribution in [0, 0.1) is 0 Å². The first-order valence-electron chi connectivity index (χ1n) is 14.1. The third-order valence-corrected chi connectivity index (χ3v) is 7.60. The molecule has 0 aliphatic heterocycles. The average Bonchev–Trinajstić information content (AvgIpc) is 3.09. The van der Waals surface area contributed by atoms with E-state index < -0.39 is 5.56 Å². The second-order valence-electron chi connectivity index (χ2n) is 10.3. The standard InChI is InChI=1S/C36H22N6O2/c43-35-27-18-7-8-19-28(27)37-34-36(44)41(29-20-9-10-21-30(29)42(34)35)26-17-11-16-25(22-26)33-39-31(23-12-3-1-4-13-23)38-32(40-33)24-14-5-2-6-15-24/h1-22H. The molecule has 0 saturated heterocycles. The summed E-state index contributed by atoms with van der Waals surface area (Å²) in [6.07, 6.45) is 0. The van der Waals surface area contributed by atoms with E-state index in [-0.39, 0.29) is 11.2 Å². The highest BCUT2D eigenvalue weighted by Gasteiger charge is 2.18. The zero-order chi connectivity index (χ0) is 29.6. The predicted molar refractivity (Wildman–Crippen MR) is 172 cm³/mol. The Labute approximate surface area is 250 Å². The molecule has 208 valence electrons.